The van der Waals surface area contributed by atoms with Crippen LogP contribution < -0.4 is 36.0 Å². The van der Waals surface area contributed by atoms with Gasteiger partial charge in [0.05, 0.1) is 35.2 Å². The SMILES string of the molecule is CNC(=O)COc1cc2cc(Nc3nc(N4CCC(CN5CCN(c6ccc7c(C8CCC(=O)NC8=O)nn(C)c7c6)C[C@@H]5C)CC4)ncc3Cl)cnc2n(C(C)C)c1=O. The maximum absolute atomic E-state index is 13.2. The molecular weight excluding hydrogens is 788 g/mol. The fourth-order valence-corrected chi connectivity index (χ4v) is 8.77. The molecule has 5 aromatic rings. The van der Waals surface area contributed by atoms with Crippen molar-refractivity contribution in [3.05, 3.63) is 63.8 Å². The molecule has 1 aromatic carbocycles. The molecule has 7 heterocycles. The van der Waals surface area contributed by atoms with Gasteiger partial charge in [-0.05, 0) is 76.3 Å². The van der Waals surface area contributed by atoms with Gasteiger partial charge in [0.1, 0.15) is 10.7 Å². The molecule has 0 radical (unpaired) electrons. The van der Waals surface area contributed by atoms with E-state index in [0.717, 1.165) is 74.4 Å². The van der Waals surface area contributed by atoms with E-state index >= 15 is 0 Å². The van der Waals surface area contributed by atoms with Crippen molar-refractivity contribution in [3.63, 3.8) is 0 Å². The van der Waals surface area contributed by atoms with Crippen molar-refractivity contribution in [2.45, 2.75) is 64.5 Å². The zero-order valence-electron chi connectivity index (χ0n) is 34.6. The zero-order valence-corrected chi connectivity index (χ0v) is 35.3. The van der Waals surface area contributed by atoms with E-state index < -0.39 is 5.92 Å². The zero-order chi connectivity index (χ0) is 42.2. The quantitative estimate of drug-likeness (QED) is 0.162. The number of fused-ring (bicyclic) bond motifs is 2. The Kier molecular flexibility index (Phi) is 11.6. The summed E-state index contributed by atoms with van der Waals surface area (Å²) >= 11 is 6.60. The Morgan fingerprint density at radius 3 is 2.55 bits per heavy atom. The van der Waals surface area contributed by atoms with Gasteiger partial charge >= 0.3 is 0 Å². The Hall–Kier alpha value is -5.81. The van der Waals surface area contributed by atoms with Crippen molar-refractivity contribution in [2.75, 3.05) is 68.0 Å². The van der Waals surface area contributed by atoms with Gasteiger partial charge in [0.15, 0.2) is 18.2 Å². The molecule has 0 aliphatic carbocycles. The number of hydrogen-bond donors (Lipinski definition) is 3. The van der Waals surface area contributed by atoms with Crippen LogP contribution in [0.15, 0.2) is 47.5 Å². The lowest BCUT2D eigenvalue weighted by atomic mass is 9.92. The van der Waals surface area contributed by atoms with Crippen LogP contribution in [0.1, 0.15) is 64.1 Å². The molecule has 2 atom stereocenters. The molecule has 1 unspecified atom stereocenters. The van der Waals surface area contributed by atoms with Crippen LogP contribution in [0.2, 0.25) is 5.02 Å². The van der Waals surface area contributed by atoms with Gasteiger partial charge in [0, 0.05) is 88.3 Å². The van der Waals surface area contributed by atoms with E-state index in [-0.39, 0.29) is 41.7 Å². The Morgan fingerprint density at radius 2 is 1.82 bits per heavy atom. The number of nitrogens with one attached hydrogen (secondary N) is 3. The number of amides is 3. The number of anilines is 4. The van der Waals surface area contributed by atoms with Crippen LogP contribution in [0.4, 0.5) is 23.1 Å². The summed E-state index contributed by atoms with van der Waals surface area (Å²) in [6.07, 6.45) is 6.08. The van der Waals surface area contributed by atoms with Gasteiger partial charge < -0.3 is 25.2 Å². The summed E-state index contributed by atoms with van der Waals surface area (Å²) in [5.74, 6) is 0.399. The molecule has 8 rings (SSSR count). The first-order chi connectivity index (χ1) is 28.9. The summed E-state index contributed by atoms with van der Waals surface area (Å²) in [5, 5.41) is 14.9. The van der Waals surface area contributed by atoms with E-state index in [1.807, 2.05) is 31.6 Å². The third kappa shape index (κ3) is 8.32. The first-order valence-electron chi connectivity index (χ1n) is 20.6. The first-order valence-corrected chi connectivity index (χ1v) is 21.0. The van der Waals surface area contributed by atoms with Crippen molar-refractivity contribution in [1.29, 1.82) is 0 Å². The topological polar surface area (TPSA) is 185 Å². The van der Waals surface area contributed by atoms with Gasteiger partial charge in [-0.1, -0.05) is 11.6 Å². The number of ether oxygens (including phenoxy) is 1. The summed E-state index contributed by atoms with van der Waals surface area (Å²) in [7, 11) is 3.42. The third-order valence-corrected chi connectivity index (χ3v) is 12.2. The summed E-state index contributed by atoms with van der Waals surface area (Å²) in [6, 6.07) is 9.99. The monoisotopic (exact) mass is 838 g/mol. The molecule has 316 valence electrons. The van der Waals surface area contributed by atoms with E-state index in [1.165, 1.54) is 7.05 Å². The molecule has 18 heteroatoms. The van der Waals surface area contributed by atoms with Crippen LogP contribution >= 0.6 is 11.6 Å². The normalized spacial score (nSPS) is 19.3. The minimum atomic E-state index is -0.421. The highest BCUT2D eigenvalue weighted by atomic mass is 35.5. The summed E-state index contributed by atoms with van der Waals surface area (Å²) in [5.41, 5.74) is 3.60. The average Bonchev–Trinajstić information content (AvgIpc) is 3.56. The number of imide groups is 1. The Balaban J connectivity index is 0.876. The van der Waals surface area contributed by atoms with Crippen LogP contribution in [0, 0.1) is 5.92 Å². The third-order valence-electron chi connectivity index (χ3n) is 11.9. The summed E-state index contributed by atoms with van der Waals surface area (Å²) in [4.78, 5) is 70.6. The number of pyridine rings is 2. The number of carbonyl (C=O) groups is 3. The maximum Gasteiger partial charge on any atom is 0.294 e. The van der Waals surface area contributed by atoms with Crippen molar-refractivity contribution in [2.24, 2.45) is 13.0 Å². The minimum absolute atomic E-state index is 0.0600. The molecule has 3 fully saturated rings. The van der Waals surface area contributed by atoms with Crippen LogP contribution in [0.3, 0.4) is 0 Å². The highest BCUT2D eigenvalue weighted by Gasteiger charge is 2.33. The van der Waals surface area contributed by atoms with Gasteiger partial charge in [0.2, 0.25) is 17.8 Å². The number of nitrogens with zero attached hydrogens (tertiary/aromatic N) is 9. The van der Waals surface area contributed by atoms with Crippen molar-refractivity contribution < 1.29 is 19.1 Å². The lowest BCUT2D eigenvalue weighted by molar-refractivity contribution is -0.134. The molecule has 3 saturated heterocycles. The number of halogens is 1. The number of carbonyl (C=O) groups excluding carboxylic acids is 3. The number of aromatic nitrogens is 6. The maximum atomic E-state index is 13.2. The predicted octanol–water partition coefficient (Wildman–Crippen LogP) is 4.12. The number of likely N-dealkylation sites (N-methyl/N-ethyl adjacent to an activating group) is 1. The average molecular weight is 839 g/mol. The fraction of sp³-hybridized carbons (Fsp3) is 0.476. The number of aryl methyl sites for hydroxylation is 1. The molecule has 17 nitrogen and oxygen atoms in total. The fourth-order valence-electron chi connectivity index (χ4n) is 8.63. The van der Waals surface area contributed by atoms with Gasteiger partial charge in [-0.25, -0.2) is 9.97 Å². The highest BCUT2D eigenvalue weighted by Crippen LogP contribution is 2.34. The summed E-state index contributed by atoms with van der Waals surface area (Å²) < 4.78 is 8.99. The second kappa shape index (κ2) is 17.0. The van der Waals surface area contributed by atoms with E-state index in [1.54, 1.807) is 23.0 Å². The molecule has 0 saturated carbocycles. The van der Waals surface area contributed by atoms with Gasteiger partial charge in [-0.15, -0.1) is 0 Å². The molecule has 3 amide bonds. The molecule has 3 N–H and O–H groups in total. The second-order valence-corrected chi connectivity index (χ2v) is 16.7. The Morgan fingerprint density at radius 1 is 1.02 bits per heavy atom. The Bertz CT molecular complexity index is 2510. The van der Waals surface area contributed by atoms with Crippen molar-refractivity contribution in [3.8, 4) is 5.75 Å². The molecule has 0 bridgehead atoms. The number of rotatable bonds is 11. The summed E-state index contributed by atoms with van der Waals surface area (Å²) in [6.45, 7) is 11.3. The van der Waals surface area contributed by atoms with Crippen LogP contribution in [0.5, 0.6) is 5.75 Å². The molecule has 3 aliphatic rings. The first kappa shape index (κ1) is 40.9. The number of hydrogen-bond acceptors (Lipinski definition) is 13. The smallest absolute Gasteiger partial charge is 0.294 e. The molecule has 0 spiro atoms. The van der Waals surface area contributed by atoms with E-state index in [4.69, 9.17) is 26.4 Å². The van der Waals surface area contributed by atoms with Gasteiger partial charge in [-0.3, -0.25) is 38.6 Å². The lowest BCUT2D eigenvalue weighted by Crippen LogP contribution is -2.53. The predicted molar refractivity (Wildman–Crippen MR) is 230 cm³/mol. The van der Waals surface area contributed by atoms with Gasteiger partial charge in [-0.2, -0.15) is 10.1 Å². The molecule has 3 aliphatic heterocycles. The Labute approximate surface area is 352 Å². The molecular formula is C42H51ClN12O5. The molecule has 4 aromatic heterocycles. The number of benzene rings is 1. The standard InChI is InChI=1S/C42H51ClN12O5/c1-24(2)55-39-27(17-34(41(55)59)60-23-36(57)44-4)16-28(19-45-39)47-38-32(43)20-46-42(49-38)52-12-10-26(11-13-52)22-53-14-15-54(21-25(53)3)29-6-7-30-33(18-29)51(5)50-37(30)31-8-9-35(56)48-40(31)58/h6-7,16-20,24-26,31H,8-15,21-23H2,1-5H3,(H,44,57)(H,46,47,49)(H,48,56,58)/t25-,31?/m0/s1. The number of piperazine rings is 1. The van der Waals surface area contributed by atoms with Gasteiger partial charge in [0.25, 0.3) is 11.5 Å². The van der Waals surface area contributed by atoms with E-state index in [2.05, 4.69) is 65.7 Å². The van der Waals surface area contributed by atoms with E-state index in [0.29, 0.717) is 58.3 Å². The second-order valence-electron chi connectivity index (χ2n) is 16.3. The highest BCUT2D eigenvalue weighted by molar-refractivity contribution is 6.33. The van der Waals surface area contributed by atoms with Crippen molar-refractivity contribution >= 4 is 74.4 Å². The largest absolute Gasteiger partial charge is 0.478 e. The van der Waals surface area contributed by atoms with E-state index in [9.17, 15) is 19.2 Å². The van der Waals surface area contributed by atoms with Crippen LogP contribution in [-0.2, 0) is 21.4 Å². The van der Waals surface area contributed by atoms with Crippen LogP contribution in [0.25, 0.3) is 21.9 Å². The van der Waals surface area contributed by atoms with Crippen molar-refractivity contribution in [1.82, 2.24) is 44.8 Å². The van der Waals surface area contributed by atoms with Crippen LogP contribution in [-0.4, -0.2) is 111 Å². The molecule has 60 heavy (non-hydrogen) atoms. The number of piperidine rings is 2. The minimum Gasteiger partial charge on any atom is -0.478 e. The lowest BCUT2D eigenvalue weighted by Gasteiger charge is -2.43.